The molecule has 0 saturated carbocycles. The Bertz CT molecular complexity index is 1760. The van der Waals surface area contributed by atoms with Crippen LogP contribution in [0.3, 0.4) is 0 Å². The third kappa shape index (κ3) is 4.12. The fourth-order valence-corrected chi connectivity index (χ4v) is 5.93. The van der Waals surface area contributed by atoms with Crippen LogP contribution >= 0.6 is 11.6 Å². The molecule has 0 unspecified atom stereocenters. The summed E-state index contributed by atoms with van der Waals surface area (Å²) >= 11 is 6.83. The van der Waals surface area contributed by atoms with Crippen molar-refractivity contribution in [1.29, 1.82) is 0 Å². The van der Waals surface area contributed by atoms with Crippen LogP contribution in [0.5, 0.6) is 11.5 Å². The Labute approximate surface area is 236 Å². The number of allylic oxidation sites excluding steroid dienone is 2. The summed E-state index contributed by atoms with van der Waals surface area (Å²) in [7, 11) is 2.86. The van der Waals surface area contributed by atoms with Gasteiger partial charge >= 0.3 is 5.97 Å². The molecule has 0 saturated heterocycles. The third-order valence-corrected chi connectivity index (χ3v) is 7.77. The Kier molecular flexibility index (Phi) is 6.56. The average Bonchev–Trinajstić information content (AvgIpc) is 3.26. The number of ketones is 1. The van der Waals surface area contributed by atoms with Crippen molar-refractivity contribution in [3.63, 3.8) is 0 Å². The second kappa shape index (κ2) is 10.2. The molecule has 0 spiro atoms. The summed E-state index contributed by atoms with van der Waals surface area (Å²) in [5.74, 6) is -0.624. The van der Waals surface area contributed by atoms with Gasteiger partial charge in [0.05, 0.1) is 30.5 Å². The van der Waals surface area contributed by atoms with Crippen LogP contribution in [0.2, 0.25) is 5.02 Å². The largest absolute Gasteiger partial charge is 0.493 e. The SMILES string of the molecule is COC(=O)C1=C(C)NC2=C(C(=O)c3ccccc32)[C@H]1c1cc(Cl)c(OCc2cccc3ccccc23)c(OC)c1. The zero-order valence-electron chi connectivity index (χ0n) is 22.2. The van der Waals surface area contributed by atoms with Crippen LogP contribution in [0.25, 0.3) is 16.5 Å². The first kappa shape index (κ1) is 25.7. The molecule has 0 amide bonds. The van der Waals surface area contributed by atoms with Crippen molar-refractivity contribution in [3.8, 4) is 11.5 Å². The number of nitrogens with one attached hydrogen (secondary N) is 1. The van der Waals surface area contributed by atoms with Gasteiger partial charge in [-0.15, -0.1) is 0 Å². The Morgan fingerprint density at radius 1 is 0.950 bits per heavy atom. The highest BCUT2D eigenvalue weighted by Crippen LogP contribution is 2.49. The van der Waals surface area contributed by atoms with Gasteiger partial charge < -0.3 is 19.5 Å². The van der Waals surface area contributed by atoms with E-state index in [9.17, 15) is 9.59 Å². The van der Waals surface area contributed by atoms with Crippen LogP contribution < -0.4 is 14.8 Å². The number of dihydropyridines is 1. The summed E-state index contributed by atoms with van der Waals surface area (Å²) in [6.07, 6.45) is 0. The number of rotatable bonds is 6. The highest BCUT2D eigenvalue weighted by Gasteiger charge is 2.43. The monoisotopic (exact) mass is 551 g/mol. The zero-order chi connectivity index (χ0) is 28.0. The first-order chi connectivity index (χ1) is 19.4. The number of hydrogen-bond acceptors (Lipinski definition) is 6. The number of Topliss-reactive ketones (excluding diaryl/α,β-unsaturated/α-hetero) is 1. The van der Waals surface area contributed by atoms with E-state index in [0.717, 1.165) is 21.9 Å². The maximum absolute atomic E-state index is 13.7. The molecular formula is C33H26ClNO5. The lowest BCUT2D eigenvalue weighted by Gasteiger charge is -2.29. The lowest BCUT2D eigenvalue weighted by molar-refractivity contribution is -0.136. The highest BCUT2D eigenvalue weighted by molar-refractivity contribution is 6.32. The molecule has 7 heteroatoms. The quantitative estimate of drug-likeness (QED) is 0.265. The number of fused-ring (bicyclic) bond motifs is 3. The van der Waals surface area contributed by atoms with E-state index in [1.54, 1.807) is 25.1 Å². The molecule has 6 nitrogen and oxygen atoms in total. The van der Waals surface area contributed by atoms with Gasteiger partial charge in [0.15, 0.2) is 17.3 Å². The van der Waals surface area contributed by atoms with Gasteiger partial charge in [0.25, 0.3) is 0 Å². The van der Waals surface area contributed by atoms with Gasteiger partial charge in [0.2, 0.25) is 0 Å². The maximum Gasteiger partial charge on any atom is 0.336 e. The predicted octanol–water partition coefficient (Wildman–Crippen LogP) is 6.82. The molecule has 0 aromatic heterocycles. The minimum atomic E-state index is -0.720. The van der Waals surface area contributed by atoms with Gasteiger partial charge in [-0.25, -0.2) is 4.79 Å². The van der Waals surface area contributed by atoms with Crippen molar-refractivity contribution >= 4 is 39.8 Å². The van der Waals surface area contributed by atoms with Crippen molar-refractivity contribution in [3.05, 3.63) is 123 Å². The number of methoxy groups -OCH3 is 2. The molecule has 0 radical (unpaired) electrons. The zero-order valence-corrected chi connectivity index (χ0v) is 23.0. The van der Waals surface area contributed by atoms with E-state index in [1.165, 1.54) is 14.2 Å². The van der Waals surface area contributed by atoms with E-state index < -0.39 is 11.9 Å². The summed E-state index contributed by atoms with van der Waals surface area (Å²) in [6.45, 7) is 2.08. The molecule has 1 atom stereocenters. The second-order valence-corrected chi connectivity index (χ2v) is 10.1. The van der Waals surface area contributed by atoms with Crippen LogP contribution in [-0.4, -0.2) is 26.0 Å². The fourth-order valence-electron chi connectivity index (χ4n) is 5.66. The minimum absolute atomic E-state index is 0.150. The van der Waals surface area contributed by atoms with E-state index in [2.05, 4.69) is 23.5 Å². The van der Waals surface area contributed by atoms with Crippen molar-refractivity contribution < 1.29 is 23.8 Å². The maximum atomic E-state index is 13.7. The normalized spacial score (nSPS) is 16.0. The van der Waals surface area contributed by atoms with Gasteiger partial charge in [-0.2, -0.15) is 0 Å². The number of ether oxygens (including phenoxy) is 3. The number of halogens is 1. The van der Waals surface area contributed by atoms with Crippen molar-refractivity contribution in [2.45, 2.75) is 19.4 Å². The second-order valence-electron chi connectivity index (χ2n) is 9.71. The van der Waals surface area contributed by atoms with Gasteiger partial charge in [0, 0.05) is 28.3 Å². The first-order valence-corrected chi connectivity index (χ1v) is 13.2. The Morgan fingerprint density at radius 3 is 2.45 bits per heavy atom. The van der Waals surface area contributed by atoms with Crippen molar-refractivity contribution in [2.75, 3.05) is 14.2 Å². The Hall–Kier alpha value is -4.55. The Balaban J connectivity index is 1.43. The Morgan fingerprint density at radius 2 is 1.68 bits per heavy atom. The molecule has 40 heavy (non-hydrogen) atoms. The molecule has 1 N–H and O–H groups in total. The molecule has 1 heterocycles. The van der Waals surface area contributed by atoms with Crippen LogP contribution in [0.4, 0.5) is 0 Å². The summed E-state index contributed by atoms with van der Waals surface area (Å²) in [5, 5.41) is 5.80. The van der Waals surface area contributed by atoms with E-state index in [-0.39, 0.29) is 12.4 Å². The molecule has 0 bridgehead atoms. The van der Waals surface area contributed by atoms with E-state index in [0.29, 0.717) is 50.2 Å². The number of carbonyl (C=O) groups is 2. The summed E-state index contributed by atoms with van der Waals surface area (Å²) in [4.78, 5) is 26.7. The molecular weight excluding hydrogens is 526 g/mol. The lowest BCUT2D eigenvalue weighted by Crippen LogP contribution is -2.29. The summed E-state index contributed by atoms with van der Waals surface area (Å²) < 4.78 is 17.1. The van der Waals surface area contributed by atoms with E-state index in [1.807, 2.05) is 42.5 Å². The van der Waals surface area contributed by atoms with Crippen LogP contribution in [0.1, 0.15) is 39.9 Å². The van der Waals surface area contributed by atoms with Crippen LogP contribution in [-0.2, 0) is 16.1 Å². The average molecular weight is 552 g/mol. The van der Waals surface area contributed by atoms with Gasteiger partial charge in [-0.1, -0.05) is 78.3 Å². The number of benzene rings is 4. The topological polar surface area (TPSA) is 73.9 Å². The number of esters is 1. The van der Waals surface area contributed by atoms with Gasteiger partial charge in [-0.3, -0.25) is 4.79 Å². The van der Waals surface area contributed by atoms with Crippen LogP contribution in [0.15, 0.2) is 95.7 Å². The van der Waals surface area contributed by atoms with E-state index >= 15 is 0 Å². The summed E-state index contributed by atoms with van der Waals surface area (Å²) in [5.41, 5.74) is 5.10. The van der Waals surface area contributed by atoms with Gasteiger partial charge in [-0.05, 0) is 41.0 Å². The lowest BCUT2D eigenvalue weighted by atomic mass is 9.79. The molecule has 4 aromatic rings. The number of carbonyl (C=O) groups excluding carboxylic acids is 2. The first-order valence-electron chi connectivity index (χ1n) is 12.8. The molecule has 1 aliphatic heterocycles. The predicted molar refractivity (Wildman–Crippen MR) is 155 cm³/mol. The van der Waals surface area contributed by atoms with Crippen molar-refractivity contribution in [2.24, 2.45) is 0 Å². The highest BCUT2D eigenvalue weighted by atomic mass is 35.5. The molecule has 4 aromatic carbocycles. The van der Waals surface area contributed by atoms with Crippen molar-refractivity contribution in [1.82, 2.24) is 5.32 Å². The fraction of sp³-hybridized carbons (Fsp3) is 0.152. The smallest absolute Gasteiger partial charge is 0.336 e. The number of hydrogen-bond donors (Lipinski definition) is 1. The third-order valence-electron chi connectivity index (χ3n) is 7.49. The molecule has 6 rings (SSSR count). The molecule has 200 valence electrons. The van der Waals surface area contributed by atoms with E-state index in [4.69, 9.17) is 25.8 Å². The standard InChI is InChI=1S/C33H26ClNO5/c1-18-27(33(37)39-3)28(29-30(35-18)23-13-6-7-14-24(23)31(29)36)21-15-25(34)32(26(16-21)38-2)40-17-20-11-8-10-19-9-4-5-12-22(19)20/h4-16,28,35H,17H2,1-3H3/t28-/m0/s1. The van der Waals surface area contributed by atoms with Gasteiger partial charge in [0.1, 0.15) is 6.61 Å². The molecule has 1 aliphatic carbocycles. The molecule has 0 fully saturated rings. The van der Waals surface area contributed by atoms with Crippen LogP contribution in [0, 0.1) is 0 Å². The minimum Gasteiger partial charge on any atom is -0.493 e. The molecule has 2 aliphatic rings. The summed E-state index contributed by atoms with van der Waals surface area (Å²) in [6, 6.07) is 25.1.